The summed E-state index contributed by atoms with van der Waals surface area (Å²) in [5, 5.41) is 2.96. The first-order chi connectivity index (χ1) is 15.5. The Kier molecular flexibility index (Phi) is 22.1. The van der Waals surface area contributed by atoms with Gasteiger partial charge in [-0.1, -0.05) is 75.5 Å². The molecule has 0 aliphatic heterocycles. The fraction of sp³-hybridized carbons (Fsp3) is 0.720. The van der Waals surface area contributed by atoms with Gasteiger partial charge in [0.25, 0.3) is 0 Å². The summed E-state index contributed by atoms with van der Waals surface area (Å²) in [6.07, 6.45) is 27.4. The Bertz CT molecular complexity index is 575. The van der Waals surface area contributed by atoms with Crippen molar-refractivity contribution in [2.75, 3.05) is 20.3 Å². The molecule has 0 spiro atoms. The van der Waals surface area contributed by atoms with Gasteiger partial charge in [-0.3, -0.25) is 13.8 Å². The number of amides is 1. The lowest BCUT2D eigenvalue weighted by Gasteiger charge is -2.08. The second kappa shape index (κ2) is 23.0. The van der Waals surface area contributed by atoms with E-state index in [-0.39, 0.29) is 12.5 Å². The molecule has 1 unspecified atom stereocenters. The van der Waals surface area contributed by atoms with Gasteiger partial charge >= 0.3 is 7.82 Å². The molecule has 0 aromatic carbocycles. The summed E-state index contributed by atoms with van der Waals surface area (Å²) in [6.45, 7) is 3.04. The van der Waals surface area contributed by atoms with Gasteiger partial charge in [0, 0.05) is 20.1 Å². The summed E-state index contributed by atoms with van der Waals surface area (Å²) < 4.78 is 20.2. The maximum absolute atomic E-state index is 11.8. The molecule has 0 aliphatic rings. The van der Waals surface area contributed by atoms with Crippen molar-refractivity contribution in [2.45, 2.75) is 96.8 Å². The number of carbonyl (C=O) groups is 1. The van der Waals surface area contributed by atoms with Crippen molar-refractivity contribution in [3.05, 3.63) is 36.5 Å². The van der Waals surface area contributed by atoms with Gasteiger partial charge in [-0.05, 0) is 51.4 Å². The molecular formula is C25H46NO5P. The van der Waals surface area contributed by atoms with E-state index in [4.69, 9.17) is 9.42 Å². The van der Waals surface area contributed by atoms with Crippen molar-refractivity contribution in [1.29, 1.82) is 0 Å². The second-order valence-corrected chi connectivity index (χ2v) is 9.41. The van der Waals surface area contributed by atoms with Crippen LogP contribution in [0.4, 0.5) is 0 Å². The van der Waals surface area contributed by atoms with Gasteiger partial charge in [0.2, 0.25) is 5.91 Å². The van der Waals surface area contributed by atoms with E-state index in [0.29, 0.717) is 19.4 Å². The molecule has 0 heterocycles. The molecule has 0 radical (unpaired) electrons. The van der Waals surface area contributed by atoms with Crippen molar-refractivity contribution in [3.63, 3.8) is 0 Å². The number of rotatable bonds is 22. The number of phosphoric ester groups is 1. The average Bonchev–Trinajstić information content (AvgIpc) is 2.78. The SMILES string of the molecule is CC/C=C\C/C=C\C/C=C\CCCCCCCC(=O)NCCCCCCOP(=O)(O)OC. The van der Waals surface area contributed by atoms with E-state index in [1.807, 2.05) is 0 Å². The highest BCUT2D eigenvalue weighted by Gasteiger charge is 2.17. The molecule has 0 saturated carbocycles. The molecule has 7 heteroatoms. The molecule has 0 aliphatic carbocycles. The summed E-state index contributed by atoms with van der Waals surface area (Å²) in [5.74, 6) is 0.135. The fourth-order valence-corrected chi connectivity index (χ4v) is 3.50. The molecule has 0 aromatic heterocycles. The highest BCUT2D eigenvalue weighted by atomic mass is 31.2. The van der Waals surface area contributed by atoms with Crippen molar-refractivity contribution < 1.29 is 23.3 Å². The minimum atomic E-state index is -3.84. The van der Waals surface area contributed by atoms with Crippen molar-refractivity contribution in [3.8, 4) is 0 Å². The number of nitrogens with one attached hydrogen (secondary N) is 1. The highest BCUT2D eigenvalue weighted by Crippen LogP contribution is 2.41. The molecule has 6 nitrogen and oxygen atoms in total. The largest absolute Gasteiger partial charge is 0.471 e. The molecule has 0 fully saturated rings. The summed E-state index contributed by atoms with van der Waals surface area (Å²) >= 11 is 0. The Hall–Kier alpha value is -1.20. The molecule has 32 heavy (non-hydrogen) atoms. The monoisotopic (exact) mass is 471 g/mol. The number of allylic oxidation sites excluding steroid dienone is 6. The molecule has 0 aromatic rings. The predicted molar refractivity (Wildman–Crippen MR) is 134 cm³/mol. The standard InChI is InChI=1S/C25H46NO5P/c1-3-4-5-6-7-8-9-10-11-12-13-14-15-16-19-22-25(27)26-23-20-17-18-21-24-31-32(28,29)30-2/h4-5,7-8,10-11H,3,6,9,12-24H2,1-2H3,(H,26,27)(H,28,29)/b5-4-,8-7-,11-10-. The topological polar surface area (TPSA) is 84.9 Å². The summed E-state index contributed by atoms with van der Waals surface area (Å²) in [6, 6.07) is 0. The maximum atomic E-state index is 11.8. The quantitative estimate of drug-likeness (QED) is 0.101. The van der Waals surface area contributed by atoms with Crippen LogP contribution in [0.15, 0.2) is 36.5 Å². The first kappa shape index (κ1) is 30.8. The molecule has 186 valence electrons. The van der Waals surface area contributed by atoms with Crippen molar-refractivity contribution in [1.82, 2.24) is 5.32 Å². The summed E-state index contributed by atoms with van der Waals surface area (Å²) in [5.41, 5.74) is 0. The van der Waals surface area contributed by atoms with Gasteiger partial charge in [-0.25, -0.2) is 4.57 Å². The zero-order valence-electron chi connectivity index (χ0n) is 20.3. The fourth-order valence-electron chi connectivity index (χ4n) is 3.03. The van der Waals surface area contributed by atoms with Crippen LogP contribution in [-0.4, -0.2) is 31.1 Å². The number of hydrogen-bond donors (Lipinski definition) is 2. The smallest absolute Gasteiger partial charge is 0.356 e. The average molecular weight is 472 g/mol. The Balaban J connectivity index is 3.35. The number of phosphoric acid groups is 1. The van der Waals surface area contributed by atoms with E-state index in [9.17, 15) is 9.36 Å². The van der Waals surface area contributed by atoms with Crippen LogP contribution in [0, 0.1) is 0 Å². The third kappa shape index (κ3) is 23.5. The number of unbranched alkanes of at least 4 members (excludes halogenated alkanes) is 8. The zero-order valence-corrected chi connectivity index (χ0v) is 21.2. The van der Waals surface area contributed by atoms with Crippen LogP contribution in [0.3, 0.4) is 0 Å². The molecule has 2 N–H and O–H groups in total. The van der Waals surface area contributed by atoms with Crippen LogP contribution in [0.1, 0.15) is 96.8 Å². The Morgan fingerprint density at radius 3 is 2.16 bits per heavy atom. The summed E-state index contributed by atoms with van der Waals surface area (Å²) in [7, 11) is -2.69. The number of hydrogen-bond acceptors (Lipinski definition) is 4. The Morgan fingerprint density at radius 1 is 0.844 bits per heavy atom. The van der Waals surface area contributed by atoms with Gasteiger partial charge in [0.15, 0.2) is 0 Å². The first-order valence-electron chi connectivity index (χ1n) is 12.3. The molecule has 0 saturated heterocycles. The normalized spacial score (nSPS) is 14.0. The van der Waals surface area contributed by atoms with Gasteiger partial charge in [0.05, 0.1) is 6.61 Å². The highest BCUT2D eigenvalue weighted by molar-refractivity contribution is 7.47. The second-order valence-electron chi connectivity index (χ2n) is 7.85. The first-order valence-corrected chi connectivity index (χ1v) is 13.8. The third-order valence-corrected chi connectivity index (χ3v) is 5.90. The molecule has 0 bridgehead atoms. The lowest BCUT2D eigenvalue weighted by atomic mass is 10.1. The maximum Gasteiger partial charge on any atom is 0.471 e. The molecule has 0 rings (SSSR count). The van der Waals surface area contributed by atoms with E-state index in [2.05, 4.69) is 53.2 Å². The van der Waals surface area contributed by atoms with Crippen LogP contribution < -0.4 is 5.32 Å². The van der Waals surface area contributed by atoms with E-state index in [0.717, 1.165) is 64.9 Å². The van der Waals surface area contributed by atoms with Crippen molar-refractivity contribution >= 4 is 13.7 Å². The van der Waals surface area contributed by atoms with Gasteiger partial charge in [-0.2, -0.15) is 0 Å². The van der Waals surface area contributed by atoms with Gasteiger partial charge < -0.3 is 10.2 Å². The lowest BCUT2D eigenvalue weighted by molar-refractivity contribution is -0.121. The number of carbonyl (C=O) groups excluding carboxylic acids is 1. The van der Waals surface area contributed by atoms with Gasteiger partial charge in [0.1, 0.15) is 0 Å². The predicted octanol–water partition coefficient (Wildman–Crippen LogP) is 7.02. The molecular weight excluding hydrogens is 425 g/mol. The molecule has 1 atom stereocenters. The van der Waals surface area contributed by atoms with Crippen LogP contribution in [0.5, 0.6) is 0 Å². The Morgan fingerprint density at radius 2 is 1.44 bits per heavy atom. The minimum Gasteiger partial charge on any atom is -0.356 e. The van der Waals surface area contributed by atoms with E-state index in [1.165, 1.54) is 19.3 Å². The zero-order chi connectivity index (χ0) is 23.8. The Labute approximate surface area is 196 Å². The lowest BCUT2D eigenvalue weighted by Crippen LogP contribution is -2.23. The van der Waals surface area contributed by atoms with E-state index >= 15 is 0 Å². The minimum absolute atomic E-state index is 0.135. The van der Waals surface area contributed by atoms with Crippen LogP contribution in [0.2, 0.25) is 0 Å². The summed E-state index contributed by atoms with van der Waals surface area (Å²) in [4.78, 5) is 20.9. The van der Waals surface area contributed by atoms with Crippen LogP contribution >= 0.6 is 7.82 Å². The van der Waals surface area contributed by atoms with Gasteiger partial charge in [-0.15, -0.1) is 0 Å². The van der Waals surface area contributed by atoms with Crippen LogP contribution in [-0.2, 0) is 18.4 Å². The third-order valence-electron chi connectivity index (χ3n) is 4.93. The van der Waals surface area contributed by atoms with E-state index < -0.39 is 7.82 Å². The van der Waals surface area contributed by atoms with E-state index in [1.54, 1.807) is 0 Å². The van der Waals surface area contributed by atoms with Crippen molar-refractivity contribution in [2.24, 2.45) is 0 Å². The van der Waals surface area contributed by atoms with Crippen LogP contribution in [0.25, 0.3) is 0 Å². The molecule has 1 amide bonds.